The molecule has 0 heterocycles. The minimum atomic E-state index is -1.78. The van der Waals surface area contributed by atoms with Crippen molar-refractivity contribution < 1.29 is 22.7 Å². The first-order valence-electron chi connectivity index (χ1n) is 7.03. The maximum atomic E-state index is 13.5. The monoisotopic (exact) mass is 312 g/mol. The van der Waals surface area contributed by atoms with E-state index >= 15 is 0 Å². The molecular weight excluding hydrogens is 296 g/mol. The SMILES string of the molecule is OCCCc1ccc(CCc2cc(F)c(F)c(F)c2F)cc1. The van der Waals surface area contributed by atoms with Gasteiger partial charge in [-0.1, -0.05) is 24.3 Å². The molecule has 0 aromatic heterocycles. The summed E-state index contributed by atoms with van der Waals surface area (Å²) in [5.41, 5.74) is 1.78. The lowest BCUT2D eigenvalue weighted by atomic mass is 10.0. The van der Waals surface area contributed by atoms with E-state index in [0.717, 1.165) is 17.5 Å². The Morgan fingerprint density at radius 1 is 0.727 bits per heavy atom. The van der Waals surface area contributed by atoms with Crippen molar-refractivity contribution in [3.63, 3.8) is 0 Å². The average molecular weight is 312 g/mol. The molecule has 0 unspecified atom stereocenters. The largest absolute Gasteiger partial charge is 0.396 e. The fourth-order valence-corrected chi connectivity index (χ4v) is 2.24. The minimum absolute atomic E-state index is 0.0793. The van der Waals surface area contributed by atoms with Crippen LogP contribution in [-0.4, -0.2) is 11.7 Å². The molecule has 0 amide bonds. The summed E-state index contributed by atoms with van der Waals surface area (Å²) in [5, 5.41) is 8.76. The highest BCUT2D eigenvalue weighted by Gasteiger charge is 2.18. The van der Waals surface area contributed by atoms with Crippen molar-refractivity contribution in [1.29, 1.82) is 0 Å². The molecular formula is C17H16F4O. The second-order valence-corrected chi connectivity index (χ2v) is 5.10. The Bertz CT molecular complexity index is 638. The number of benzene rings is 2. The van der Waals surface area contributed by atoms with Crippen molar-refractivity contribution >= 4 is 0 Å². The van der Waals surface area contributed by atoms with E-state index < -0.39 is 23.3 Å². The topological polar surface area (TPSA) is 20.2 Å². The summed E-state index contributed by atoms with van der Waals surface area (Å²) in [5.74, 6) is -6.27. The van der Waals surface area contributed by atoms with Crippen LogP contribution < -0.4 is 0 Å². The summed E-state index contributed by atoms with van der Waals surface area (Å²) >= 11 is 0. The van der Waals surface area contributed by atoms with Crippen LogP contribution in [0.5, 0.6) is 0 Å². The van der Waals surface area contributed by atoms with Gasteiger partial charge in [-0.05, 0) is 48.4 Å². The summed E-state index contributed by atoms with van der Waals surface area (Å²) in [6, 6.07) is 8.19. The van der Waals surface area contributed by atoms with E-state index in [-0.39, 0.29) is 18.6 Å². The van der Waals surface area contributed by atoms with Gasteiger partial charge in [0.15, 0.2) is 23.3 Å². The van der Waals surface area contributed by atoms with Gasteiger partial charge in [0.05, 0.1) is 0 Å². The lowest BCUT2D eigenvalue weighted by molar-refractivity contribution is 0.288. The number of aliphatic hydroxyl groups excluding tert-OH is 1. The van der Waals surface area contributed by atoms with Crippen molar-refractivity contribution in [2.45, 2.75) is 25.7 Å². The highest BCUT2D eigenvalue weighted by atomic mass is 19.2. The fraction of sp³-hybridized carbons (Fsp3) is 0.294. The van der Waals surface area contributed by atoms with Gasteiger partial charge in [-0.2, -0.15) is 0 Å². The molecule has 22 heavy (non-hydrogen) atoms. The summed E-state index contributed by atoms with van der Waals surface area (Å²) < 4.78 is 52.7. The number of aryl methyl sites for hydroxylation is 3. The number of aliphatic hydroxyl groups is 1. The van der Waals surface area contributed by atoms with Crippen LogP contribution in [0.4, 0.5) is 17.6 Å². The Labute approximate surface area is 126 Å². The van der Waals surface area contributed by atoms with E-state index in [1.807, 2.05) is 24.3 Å². The standard InChI is InChI=1S/C17H16F4O/c18-14-10-13(15(19)17(21)16(14)20)8-7-12-5-3-11(4-6-12)2-1-9-22/h3-6,10,22H,1-2,7-9H2. The van der Waals surface area contributed by atoms with Gasteiger partial charge in [0.2, 0.25) is 0 Å². The molecule has 0 radical (unpaired) electrons. The highest BCUT2D eigenvalue weighted by molar-refractivity contribution is 5.26. The van der Waals surface area contributed by atoms with E-state index in [2.05, 4.69) is 0 Å². The fourth-order valence-electron chi connectivity index (χ4n) is 2.24. The Kier molecular flexibility index (Phi) is 5.55. The van der Waals surface area contributed by atoms with Crippen LogP contribution in [0.25, 0.3) is 0 Å². The van der Waals surface area contributed by atoms with Crippen LogP contribution in [0.15, 0.2) is 30.3 Å². The van der Waals surface area contributed by atoms with Gasteiger partial charge in [0.25, 0.3) is 0 Å². The number of rotatable bonds is 6. The predicted molar refractivity (Wildman–Crippen MR) is 75.5 cm³/mol. The normalized spacial score (nSPS) is 11.0. The van der Waals surface area contributed by atoms with E-state index in [4.69, 9.17) is 5.11 Å². The second kappa shape index (κ2) is 7.40. The highest BCUT2D eigenvalue weighted by Crippen LogP contribution is 2.20. The van der Waals surface area contributed by atoms with Crippen LogP contribution in [0, 0.1) is 23.3 Å². The third kappa shape index (κ3) is 3.85. The predicted octanol–water partition coefficient (Wildman–Crippen LogP) is 3.95. The van der Waals surface area contributed by atoms with Gasteiger partial charge in [0, 0.05) is 6.61 Å². The van der Waals surface area contributed by atoms with Crippen molar-refractivity contribution in [3.8, 4) is 0 Å². The third-order valence-corrected chi connectivity index (χ3v) is 3.51. The Hall–Kier alpha value is -1.88. The van der Waals surface area contributed by atoms with Crippen molar-refractivity contribution in [2.24, 2.45) is 0 Å². The van der Waals surface area contributed by atoms with Crippen LogP contribution in [0.2, 0.25) is 0 Å². The number of hydrogen-bond acceptors (Lipinski definition) is 1. The zero-order valence-electron chi connectivity index (χ0n) is 11.9. The molecule has 0 spiro atoms. The van der Waals surface area contributed by atoms with Crippen molar-refractivity contribution in [1.82, 2.24) is 0 Å². The molecule has 0 saturated carbocycles. The van der Waals surface area contributed by atoms with Crippen LogP contribution in [0.3, 0.4) is 0 Å². The molecule has 0 aliphatic carbocycles. The van der Waals surface area contributed by atoms with E-state index in [9.17, 15) is 17.6 Å². The summed E-state index contributed by atoms with van der Waals surface area (Å²) in [6.45, 7) is 0.128. The molecule has 2 aromatic carbocycles. The molecule has 1 nitrogen and oxygen atoms in total. The minimum Gasteiger partial charge on any atom is -0.396 e. The van der Waals surface area contributed by atoms with Gasteiger partial charge >= 0.3 is 0 Å². The first-order valence-corrected chi connectivity index (χ1v) is 7.03. The molecule has 2 rings (SSSR count). The third-order valence-electron chi connectivity index (χ3n) is 3.51. The molecule has 0 bridgehead atoms. The average Bonchev–Trinajstić information content (AvgIpc) is 2.54. The van der Waals surface area contributed by atoms with Crippen LogP contribution in [-0.2, 0) is 19.3 Å². The second-order valence-electron chi connectivity index (χ2n) is 5.10. The maximum Gasteiger partial charge on any atom is 0.197 e. The molecule has 0 aliphatic heterocycles. The Balaban J connectivity index is 2.04. The Morgan fingerprint density at radius 2 is 1.32 bits per heavy atom. The molecule has 0 saturated heterocycles. The van der Waals surface area contributed by atoms with E-state index in [1.54, 1.807) is 0 Å². The lowest BCUT2D eigenvalue weighted by Gasteiger charge is -2.07. The first-order chi connectivity index (χ1) is 10.5. The molecule has 2 aromatic rings. The first kappa shape index (κ1) is 16.5. The zero-order valence-corrected chi connectivity index (χ0v) is 11.9. The van der Waals surface area contributed by atoms with Crippen molar-refractivity contribution in [2.75, 3.05) is 6.61 Å². The molecule has 118 valence electrons. The van der Waals surface area contributed by atoms with Crippen LogP contribution >= 0.6 is 0 Å². The smallest absolute Gasteiger partial charge is 0.197 e. The van der Waals surface area contributed by atoms with Gasteiger partial charge in [0.1, 0.15) is 0 Å². The van der Waals surface area contributed by atoms with Gasteiger partial charge in [-0.3, -0.25) is 0 Å². The quantitative estimate of drug-likeness (QED) is 0.486. The van der Waals surface area contributed by atoms with E-state index in [1.165, 1.54) is 0 Å². The number of hydrogen-bond donors (Lipinski definition) is 1. The molecule has 0 fully saturated rings. The van der Waals surface area contributed by atoms with E-state index in [0.29, 0.717) is 18.9 Å². The maximum absolute atomic E-state index is 13.5. The lowest BCUT2D eigenvalue weighted by Crippen LogP contribution is -2.03. The van der Waals surface area contributed by atoms with Crippen LogP contribution in [0.1, 0.15) is 23.1 Å². The summed E-state index contributed by atoms with van der Waals surface area (Å²) in [4.78, 5) is 0. The Morgan fingerprint density at radius 3 is 1.91 bits per heavy atom. The molecule has 5 heteroatoms. The summed E-state index contributed by atoms with van der Waals surface area (Å²) in [6.07, 6.45) is 1.91. The van der Waals surface area contributed by atoms with Crippen molar-refractivity contribution in [3.05, 3.63) is 70.3 Å². The summed E-state index contributed by atoms with van der Waals surface area (Å²) in [7, 11) is 0. The molecule has 0 aliphatic rings. The zero-order chi connectivity index (χ0) is 16.1. The van der Waals surface area contributed by atoms with Gasteiger partial charge in [-0.15, -0.1) is 0 Å². The molecule has 0 atom stereocenters. The van der Waals surface area contributed by atoms with Gasteiger partial charge < -0.3 is 5.11 Å². The molecule has 1 N–H and O–H groups in total. The number of halogens is 4. The van der Waals surface area contributed by atoms with Gasteiger partial charge in [-0.25, -0.2) is 17.6 Å².